The van der Waals surface area contributed by atoms with Crippen molar-refractivity contribution in [3.05, 3.63) is 85.1 Å². The summed E-state index contributed by atoms with van der Waals surface area (Å²) in [5.41, 5.74) is 0. The number of hydrogen-bond acceptors (Lipinski definition) is 9. The van der Waals surface area contributed by atoms with Gasteiger partial charge in [-0.1, -0.05) is 182 Å². The summed E-state index contributed by atoms with van der Waals surface area (Å²) in [7, 11) is 0. The maximum atomic E-state index is 12.8. The molecule has 1 aliphatic rings. The van der Waals surface area contributed by atoms with Crippen molar-refractivity contribution in [3.8, 4) is 0 Å². The Labute approximate surface area is 378 Å². The summed E-state index contributed by atoms with van der Waals surface area (Å²) < 4.78 is 22.8. The van der Waals surface area contributed by atoms with Gasteiger partial charge in [-0.2, -0.15) is 0 Å². The zero-order chi connectivity index (χ0) is 45.0. The van der Waals surface area contributed by atoms with Crippen LogP contribution in [-0.2, 0) is 23.7 Å². The molecule has 0 bridgehead atoms. The quantitative estimate of drug-likeness (QED) is 0.0269. The van der Waals surface area contributed by atoms with Crippen LogP contribution in [-0.4, -0.2) is 89.6 Å². The number of aliphatic hydroxyl groups is 4. The number of ether oxygens (including phenoxy) is 4. The Kier molecular flexibility index (Phi) is 40.4. The lowest BCUT2D eigenvalue weighted by Crippen LogP contribution is -2.59. The van der Waals surface area contributed by atoms with Crippen LogP contribution in [0.5, 0.6) is 0 Å². The van der Waals surface area contributed by atoms with E-state index >= 15 is 0 Å². The van der Waals surface area contributed by atoms with Gasteiger partial charge >= 0.3 is 5.97 Å². The smallest absolute Gasteiger partial charge is 0.306 e. The van der Waals surface area contributed by atoms with Crippen molar-refractivity contribution in [3.63, 3.8) is 0 Å². The van der Waals surface area contributed by atoms with Crippen LogP contribution >= 0.6 is 0 Å². The number of hydrogen-bond donors (Lipinski definition) is 4. The van der Waals surface area contributed by atoms with Gasteiger partial charge in [-0.3, -0.25) is 4.79 Å². The highest BCUT2D eigenvalue weighted by atomic mass is 16.7. The van der Waals surface area contributed by atoms with Crippen LogP contribution in [0.4, 0.5) is 0 Å². The lowest BCUT2D eigenvalue weighted by molar-refractivity contribution is -0.305. The predicted octanol–water partition coefficient (Wildman–Crippen LogP) is 11.8. The summed E-state index contributed by atoms with van der Waals surface area (Å²) in [5.74, 6) is -0.397. The molecule has 6 atom stereocenters. The number of esters is 1. The Hall–Kier alpha value is -2.63. The normalized spacial score (nSPS) is 20.5. The van der Waals surface area contributed by atoms with Crippen molar-refractivity contribution in [1.82, 2.24) is 0 Å². The van der Waals surface area contributed by atoms with Gasteiger partial charge in [-0.15, -0.1) is 0 Å². The summed E-state index contributed by atoms with van der Waals surface area (Å²) in [6.45, 7) is 4.34. The molecule has 9 heteroatoms. The first-order valence-electron chi connectivity index (χ1n) is 24.7. The highest BCUT2D eigenvalue weighted by molar-refractivity contribution is 5.69. The molecule has 62 heavy (non-hydrogen) atoms. The van der Waals surface area contributed by atoms with E-state index < -0.39 is 49.4 Å². The third-order valence-corrected chi connectivity index (χ3v) is 10.8. The Morgan fingerprint density at radius 1 is 0.532 bits per heavy atom. The average molecular weight is 871 g/mol. The molecule has 0 aromatic carbocycles. The molecule has 1 heterocycles. The van der Waals surface area contributed by atoms with E-state index in [-0.39, 0.29) is 19.6 Å². The summed E-state index contributed by atoms with van der Waals surface area (Å²) >= 11 is 0. The van der Waals surface area contributed by atoms with Crippen LogP contribution in [0.15, 0.2) is 85.1 Å². The van der Waals surface area contributed by atoms with E-state index in [4.69, 9.17) is 18.9 Å². The van der Waals surface area contributed by atoms with E-state index in [0.29, 0.717) is 13.0 Å². The van der Waals surface area contributed by atoms with Gasteiger partial charge in [0.2, 0.25) is 0 Å². The summed E-state index contributed by atoms with van der Waals surface area (Å²) in [5, 5.41) is 40.2. The van der Waals surface area contributed by atoms with Crippen LogP contribution in [0, 0.1) is 0 Å². The van der Waals surface area contributed by atoms with E-state index in [1.807, 2.05) is 12.2 Å². The second-order valence-corrected chi connectivity index (χ2v) is 16.5. The number of allylic oxidation sites excluding steroid dienone is 14. The average Bonchev–Trinajstić information content (AvgIpc) is 3.27. The van der Waals surface area contributed by atoms with Crippen molar-refractivity contribution in [2.24, 2.45) is 0 Å². The largest absolute Gasteiger partial charge is 0.457 e. The predicted molar refractivity (Wildman–Crippen MR) is 256 cm³/mol. The molecule has 0 spiro atoms. The lowest BCUT2D eigenvalue weighted by atomic mass is 9.99. The fraction of sp³-hybridized carbons (Fsp3) is 0.717. The van der Waals surface area contributed by atoms with E-state index in [9.17, 15) is 25.2 Å². The molecule has 1 rings (SSSR count). The standard InChI is InChI=1S/C53H90O9/c1-3-5-7-9-11-13-15-17-19-21-23-25-27-29-31-33-35-37-39-41-43-59-45-47(46-60-53-52(58)51(57)50(56)48(44-54)62-53)61-49(55)42-40-38-36-34-32-30-28-26-24-22-20-18-16-14-12-10-8-6-4-2/h6,8,12,14,17-20,24,26,30,32,36,38,47-48,50-54,56-58H,3-5,7,9-11,13,15-16,21-23,25,27-29,31,33-35,37,39-46H2,1-2H3/b8-6-,14-12-,19-17-,20-18-,26-24-,32-30-,38-36-. The first-order chi connectivity index (χ1) is 30.4. The Morgan fingerprint density at radius 3 is 1.48 bits per heavy atom. The molecule has 6 unspecified atom stereocenters. The van der Waals surface area contributed by atoms with Crippen LogP contribution in [0.1, 0.15) is 181 Å². The molecule has 356 valence electrons. The highest BCUT2D eigenvalue weighted by Gasteiger charge is 2.44. The van der Waals surface area contributed by atoms with Crippen LogP contribution in [0.25, 0.3) is 0 Å². The molecule has 0 saturated carbocycles. The zero-order valence-electron chi connectivity index (χ0n) is 39.1. The van der Waals surface area contributed by atoms with Crippen molar-refractivity contribution < 1.29 is 44.2 Å². The molecule has 4 N–H and O–H groups in total. The molecule has 0 radical (unpaired) electrons. The van der Waals surface area contributed by atoms with Gasteiger partial charge in [0.05, 0.1) is 19.8 Å². The number of carbonyl (C=O) groups is 1. The van der Waals surface area contributed by atoms with Crippen molar-refractivity contribution in [1.29, 1.82) is 0 Å². The highest BCUT2D eigenvalue weighted by Crippen LogP contribution is 2.22. The Balaban J connectivity index is 2.29. The van der Waals surface area contributed by atoms with Gasteiger partial charge in [-0.05, 0) is 77.0 Å². The van der Waals surface area contributed by atoms with Gasteiger partial charge in [0, 0.05) is 13.0 Å². The van der Waals surface area contributed by atoms with Crippen LogP contribution < -0.4 is 0 Å². The van der Waals surface area contributed by atoms with Gasteiger partial charge in [0.15, 0.2) is 6.29 Å². The second-order valence-electron chi connectivity index (χ2n) is 16.5. The Bertz CT molecular complexity index is 1220. The maximum Gasteiger partial charge on any atom is 0.306 e. The summed E-state index contributed by atoms with van der Waals surface area (Å²) in [6, 6.07) is 0. The molecule has 0 amide bonds. The molecule has 1 saturated heterocycles. The maximum absolute atomic E-state index is 12.8. The van der Waals surface area contributed by atoms with Gasteiger partial charge in [-0.25, -0.2) is 0 Å². The number of carbonyl (C=O) groups excluding carboxylic acids is 1. The van der Waals surface area contributed by atoms with E-state index in [0.717, 1.165) is 51.4 Å². The first-order valence-corrected chi connectivity index (χ1v) is 24.7. The van der Waals surface area contributed by atoms with E-state index in [1.54, 1.807) is 0 Å². The third-order valence-electron chi connectivity index (χ3n) is 10.8. The van der Waals surface area contributed by atoms with Crippen LogP contribution in [0.2, 0.25) is 0 Å². The van der Waals surface area contributed by atoms with Crippen molar-refractivity contribution >= 4 is 5.97 Å². The minimum absolute atomic E-state index is 0.109. The summed E-state index contributed by atoms with van der Waals surface area (Å²) in [4.78, 5) is 12.8. The molecular weight excluding hydrogens is 781 g/mol. The number of unbranched alkanes of at least 4 members (excludes halogenated alkanes) is 16. The van der Waals surface area contributed by atoms with Crippen LogP contribution in [0.3, 0.4) is 0 Å². The summed E-state index contributed by atoms with van der Waals surface area (Å²) in [6.07, 6.45) is 52.0. The minimum atomic E-state index is -1.55. The molecule has 1 fully saturated rings. The van der Waals surface area contributed by atoms with E-state index in [1.165, 1.54) is 103 Å². The fourth-order valence-corrected chi connectivity index (χ4v) is 6.98. The van der Waals surface area contributed by atoms with Gasteiger partial charge in [0.1, 0.15) is 30.5 Å². The second kappa shape index (κ2) is 43.6. The van der Waals surface area contributed by atoms with Crippen molar-refractivity contribution in [2.45, 2.75) is 218 Å². The molecule has 0 aromatic heterocycles. The van der Waals surface area contributed by atoms with Gasteiger partial charge in [0.25, 0.3) is 0 Å². The number of rotatable bonds is 41. The fourth-order valence-electron chi connectivity index (χ4n) is 6.98. The lowest BCUT2D eigenvalue weighted by Gasteiger charge is -2.39. The third kappa shape index (κ3) is 33.9. The molecule has 1 aliphatic heterocycles. The zero-order valence-corrected chi connectivity index (χ0v) is 39.1. The first kappa shape index (κ1) is 57.4. The molecule has 0 aromatic rings. The van der Waals surface area contributed by atoms with E-state index in [2.05, 4.69) is 86.8 Å². The SMILES string of the molecule is CC/C=C\C/C=C\C/C=C\C/C=C\C/C=C\C/C=C\CCC(=O)OC(COCCCCCCCCCCCC/C=C\CCCCCCCC)COC1OC(CO)C(O)C(O)C1O. The minimum Gasteiger partial charge on any atom is -0.457 e. The topological polar surface area (TPSA) is 135 Å². The Morgan fingerprint density at radius 2 is 0.984 bits per heavy atom. The molecular formula is C53H90O9. The van der Waals surface area contributed by atoms with Gasteiger partial charge < -0.3 is 39.4 Å². The monoisotopic (exact) mass is 871 g/mol. The number of aliphatic hydroxyl groups excluding tert-OH is 4. The molecule has 9 nitrogen and oxygen atoms in total. The van der Waals surface area contributed by atoms with Crippen molar-refractivity contribution in [2.75, 3.05) is 26.4 Å². The molecule has 0 aliphatic carbocycles.